The first kappa shape index (κ1) is 20.6. The molecular weight excluding hydrogens is 422 g/mol. The highest BCUT2D eigenvalue weighted by Gasteiger charge is 2.41. The summed E-state index contributed by atoms with van der Waals surface area (Å²) in [4.78, 5) is 28.6. The van der Waals surface area contributed by atoms with Crippen molar-refractivity contribution in [3.63, 3.8) is 0 Å². The van der Waals surface area contributed by atoms with E-state index in [-0.39, 0.29) is 16.7 Å². The molecule has 2 aromatic carbocycles. The second kappa shape index (κ2) is 8.20. The lowest BCUT2D eigenvalue weighted by Gasteiger charge is -2.44. The number of aliphatic imine (C=N–C) groups is 1. The highest BCUT2D eigenvalue weighted by molar-refractivity contribution is 7.99. The van der Waals surface area contributed by atoms with Gasteiger partial charge in [0.15, 0.2) is 0 Å². The summed E-state index contributed by atoms with van der Waals surface area (Å²) in [5.74, 6) is 1.38. The minimum atomic E-state index is -0.708. The van der Waals surface area contributed by atoms with Crippen LogP contribution >= 0.6 is 23.4 Å². The fraction of sp³-hybridized carbons (Fsp3) is 0.286. The van der Waals surface area contributed by atoms with E-state index in [2.05, 4.69) is 10.6 Å². The number of carbonyl (C=O) groups excluding carboxylic acids is 2. The van der Waals surface area contributed by atoms with Crippen LogP contribution in [0.25, 0.3) is 0 Å². The molecule has 6 N–H and O–H groups in total. The highest BCUT2D eigenvalue weighted by atomic mass is 35.5. The number of nitrogens with one attached hydrogen (secondary N) is 2. The van der Waals surface area contributed by atoms with Crippen LogP contribution in [0.2, 0.25) is 5.02 Å². The summed E-state index contributed by atoms with van der Waals surface area (Å²) >= 11 is 8.00. The van der Waals surface area contributed by atoms with E-state index < -0.39 is 11.8 Å². The molecule has 2 amide bonds. The van der Waals surface area contributed by atoms with Crippen molar-refractivity contribution in [3.8, 4) is 0 Å². The summed E-state index contributed by atoms with van der Waals surface area (Å²) in [6.07, 6.45) is 1.75. The summed E-state index contributed by atoms with van der Waals surface area (Å²) in [5, 5.41) is 7.64. The van der Waals surface area contributed by atoms with Crippen molar-refractivity contribution in [1.82, 2.24) is 0 Å². The van der Waals surface area contributed by atoms with Crippen molar-refractivity contribution in [3.05, 3.63) is 58.1 Å². The van der Waals surface area contributed by atoms with Gasteiger partial charge in [0.25, 0.3) is 0 Å². The molecule has 2 heterocycles. The monoisotopic (exact) mass is 443 g/mol. The SMILES string of the molecule is NC(=O)c1cc2c(cc1C(N)=O)NC1(CCSCC1)C(=NCc1cccc(Cl)c1)N2. The van der Waals surface area contributed by atoms with Gasteiger partial charge >= 0.3 is 0 Å². The Morgan fingerprint density at radius 1 is 1.07 bits per heavy atom. The minimum absolute atomic E-state index is 0.0832. The molecule has 1 spiro atoms. The summed E-state index contributed by atoms with van der Waals surface area (Å²) in [7, 11) is 0. The van der Waals surface area contributed by atoms with Gasteiger partial charge in [-0.2, -0.15) is 11.8 Å². The average molecular weight is 444 g/mol. The Hall–Kier alpha value is -2.71. The van der Waals surface area contributed by atoms with E-state index in [9.17, 15) is 9.59 Å². The number of primary amides is 2. The molecule has 1 saturated heterocycles. The second-order valence-electron chi connectivity index (χ2n) is 7.41. The number of carbonyl (C=O) groups is 2. The van der Waals surface area contributed by atoms with Gasteiger partial charge in [-0.05, 0) is 54.2 Å². The van der Waals surface area contributed by atoms with Crippen molar-refractivity contribution in [2.75, 3.05) is 22.1 Å². The van der Waals surface area contributed by atoms with E-state index in [4.69, 9.17) is 28.1 Å². The maximum Gasteiger partial charge on any atom is 0.249 e. The van der Waals surface area contributed by atoms with E-state index in [1.807, 2.05) is 36.0 Å². The van der Waals surface area contributed by atoms with Crippen LogP contribution in [0.4, 0.5) is 11.4 Å². The summed E-state index contributed by atoms with van der Waals surface area (Å²) in [6.45, 7) is 0.469. The number of anilines is 2. The fourth-order valence-electron chi connectivity index (χ4n) is 3.86. The van der Waals surface area contributed by atoms with Crippen LogP contribution in [0.1, 0.15) is 39.1 Å². The van der Waals surface area contributed by atoms with Crippen molar-refractivity contribution in [2.24, 2.45) is 16.5 Å². The molecule has 0 saturated carbocycles. The van der Waals surface area contributed by atoms with Gasteiger partial charge in [0.2, 0.25) is 11.8 Å². The Bertz CT molecular complexity index is 1050. The van der Waals surface area contributed by atoms with Gasteiger partial charge in [-0.1, -0.05) is 23.7 Å². The number of thioether (sulfide) groups is 1. The van der Waals surface area contributed by atoms with Crippen LogP contribution in [0.15, 0.2) is 41.4 Å². The lowest BCUT2D eigenvalue weighted by molar-refractivity contribution is 0.0967. The largest absolute Gasteiger partial charge is 0.371 e. The second-order valence-corrected chi connectivity index (χ2v) is 9.07. The van der Waals surface area contributed by atoms with Crippen LogP contribution in [0.3, 0.4) is 0 Å². The van der Waals surface area contributed by atoms with E-state index in [0.29, 0.717) is 22.9 Å². The van der Waals surface area contributed by atoms with Gasteiger partial charge < -0.3 is 22.1 Å². The molecule has 2 aliphatic heterocycles. The lowest BCUT2D eigenvalue weighted by atomic mass is 9.87. The molecule has 2 aliphatic rings. The van der Waals surface area contributed by atoms with E-state index >= 15 is 0 Å². The third-order valence-corrected chi connectivity index (χ3v) is 6.64. The number of nitrogens with two attached hydrogens (primary N) is 2. The molecule has 7 nitrogen and oxygen atoms in total. The maximum atomic E-state index is 11.9. The Labute approximate surface area is 183 Å². The summed E-state index contributed by atoms with van der Waals surface area (Å²) < 4.78 is 0. The van der Waals surface area contributed by atoms with E-state index in [1.54, 1.807) is 12.1 Å². The van der Waals surface area contributed by atoms with Crippen molar-refractivity contribution in [2.45, 2.75) is 24.9 Å². The predicted octanol–water partition coefficient (Wildman–Crippen LogP) is 3.24. The van der Waals surface area contributed by atoms with Gasteiger partial charge in [0, 0.05) is 5.02 Å². The summed E-state index contributed by atoms with van der Waals surface area (Å²) in [6, 6.07) is 10.8. The third-order valence-electron chi connectivity index (χ3n) is 5.42. The Kier molecular flexibility index (Phi) is 5.62. The Balaban J connectivity index is 1.75. The smallest absolute Gasteiger partial charge is 0.249 e. The van der Waals surface area contributed by atoms with Crippen LogP contribution in [-0.4, -0.2) is 34.7 Å². The fourth-order valence-corrected chi connectivity index (χ4v) is 5.26. The van der Waals surface area contributed by atoms with E-state index in [1.165, 1.54) is 0 Å². The zero-order valence-electron chi connectivity index (χ0n) is 16.2. The topological polar surface area (TPSA) is 123 Å². The molecule has 0 aromatic heterocycles. The molecule has 0 bridgehead atoms. The van der Waals surface area contributed by atoms with Crippen molar-refractivity contribution in [1.29, 1.82) is 0 Å². The molecule has 0 aliphatic carbocycles. The zero-order valence-corrected chi connectivity index (χ0v) is 17.8. The van der Waals surface area contributed by atoms with Crippen LogP contribution < -0.4 is 22.1 Å². The number of halogens is 1. The third kappa shape index (κ3) is 3.97. The standard InChI is InChI=1S/C21H22ClN5O2S/c22-13-3-1-2-12(8-13)11-25-20-21(4-6-30-7-5-21)27-17-10-15(19(24)29)14(18(23)28)9-16(17)26-20/h1-3,8-10,27H,4-7,11H2,(H2,23,28)(H2,24,29)(H,25,26). The molecule has 0 unspecified atom stereocenters. The van der Waals surface area contributed by atoms with Gasteiger partial charge in [0.1, 0.15) is 5.84 Å². The molecule has 2 aromatic rings. The molecular formula is C21H22ClN5O2S. The van der Waals surface area contributed by atoms with Gasteiger partial charge in [0.05, 0.1) is 34.6 Å². The number of benzene rings is 2. The number of rotatable bonds is 4. The lowest BCUT2D eigenvalue weighted by Crippen LogP contribution is -2.54. The summed E-state index contributed by atoms with van der Waals surface area (Å²) in [5.41, 5.74) is 13.1. The zero-order chi connectivity index (χ0) is 21.3. The van der Waals surface area contributed by atoms with Crippen LogP contribution in [0.5, 0.6) is 0 Å². The average Bonchev–Trinajstić information content (AvgIpc) is 2.72. The number of amides is 2. The molecule has 9 heteroatoms. The minimum Gasteiger partial charge on any atom is -0.371 e. The van der Waals surface area contributed by atoms with Crippen LogP contribution in [-0.2, 0) is 6.54 Å². The maximum absolute atomic E-state index is 11.9. The molecule has 0 atom stereocenters. The number of fused-ring (bicyclic) bond motifs is 1. The predicted molar refractivity (Wildman–Crippen MR) is 123 cm³/mol. The van der Waals surface area contributed by atoms with Crippen LogP contribution in [0, 0.1) is 0 Å². The van der Waals surface area contributed by atoms with Crippen molar-refractivity contribution >= 4 is 52.4 Å². The van der Waals surface area contributed by atoms with Gasteiger partial charge in [-0.3, -0.25) is 14.6 Å². The number of amidine groups is 1. The first-order chi connectivity index (χ1) is 14.4. The molecule has 156 valence electrons. The number of nitrogens with zero attached hydrogens (tertiary/aromatic N) is 1. The van der Waals surface area contributed by atoms with Crippen molar-refractivity contribution < 1.29 is 9.59 Å². The number of hydrogen-bond donors (Lipinski definition) is 4. The quantitative estimate of drug-likeness (QED) is 0.577. The first-order valence-corrected chi connectivity index (χ1v) is 11.1. The number of hydrogen-bond acceptors (Lipinski definition) is 5. The van der Waals surface area contributed by atoms with Gasteiger partial charge in [-0.15, -0.1) is 0 Å². The molecule has 0 radical (unpaired) electrons. The first-order valence-electron chi connectivity index (χ1n) is 9.58. The normalized spacial score (nSPS) is 18.4. The molecule has 30 heavy (non-hydrogen) atoms. The molecule has 4 rings (SSSR count). The Morgan fingerprint density at radius 3 is 2.37 bits per heavy atom. The highest BCUT2D eigenvalue weighted by Crippen LogP contribution is 2.40. The molecule has 1 fully saturated rings. The van der Waals surface area contributed by atoms with Gasteiger partial charge in [-0.25, -0.2) is 0 Å². The van der Waals surface area contributed by atoms with E-state index in [0.717, 1.165) is 35.7 Å². The Morgan fingerprint density at radius 2 is 1.73 bits per heavy atom.